The molecule has 0 aliphatic heterocycles. The maximum atomic E-state index is 11.8. The highest BCUT2D eigenvalue weighted by Gasteiger charge is 2.55. The van der Waals surface area contributed by atoms with Crippen LogP contribution >= 0.6 is 11.6 Å². The van der Waals surface area contributed by atoms with E-state index < -0.39 is 11.4 Å². The summed E-state index contributed by atoms with van der Waals surface area (Å²) in [6, 6.07) is 3.67. The summed E-state index contributed by atoms with van der Waals surface area (Å²) in [6.07, 6.45) is 6.43. The minimum atomic E-state index is -0.636. The fraction of sp³-hybridized carbons (Fsp3) is 0.571. The summed E-state index contributed by atoms with van der Waals surface area (Å²) in [7, 11) is 0. The lowest BCUT2D eigenvalue weighted by Crippen LogP contribution is -2.38. The van der Waals surface area contributed by atoms with Gasteiger partial charge in [-0.3, -0.25) is 4.79 Å². The molecule has 2 fully saturated rings. The second-order valence-electron chi connectivity index (χ2n) is 5.71. The van der Waals surface area contributed by atoms with Crippen molar-refractivity contribution < 1.29 is 9.90 Å². The Balaban J connectivity index is 1.90. The summed E-state index contributed by atoms with van der Waals surface area (Å²) in [5.74, 6) is 0.318. The van der Waals surface area contributed by atoms with Gasteiger partial charge in [0.2, 0.25) is 0 Å². The molecule has 1 N–H and O–H groups in total. The predicted molar refractivity (Wildman–Crippen MR) is 68.5 cm³/mol. The van der Waals surface area contributed by atoms with E-state index in [-0.39, 0.29) is 0 Å². The van der Waals surface area contributed by atoms with Gasteiger partial charge in [-0.25, -0.2) is 4.98 Å². The van der Waals surface area contributed by atoms with Crippen LogP contribution in [0.5, 0.6) is 0 Å². The van der Waals surface area contributed by atoms with E-state index in [2.05, 4.69) is 4.98 Å². The van der Waals surface area contributed by atoms with E-state index in [1.54, 1.807) is 12.3 Å². The number of pyridine rings is 1. The lowest BCUT2D eigenvalue weighted by Gasteiger charge is -2.33. The van der Waals surface area contributed by atoms with Gasteiger partial charge in [-0.15, -0.1) is 0 Å². The molecule has 1 heterocycles. The lowest BCUT2D eigenvalue weighted by atomic mass is 9.69. The maximum Gasteiger partial charge on any atom is 0.310 e. The molecule has 2 saturated carbocycles. The van der Waals surface area contributed by atoms with Gasteiger partial charge in [0.25, 0.3) is 0 Å². The van der Waals surface area contributed by atoms with E-state index in [1.807, 2.05) is 6.07 Å². The normalized spacial score (nSPS) is 33.8. The Morgan fingerprint density at radius 2 is 2.39 bits per heavy atom. The summed E-state index contributed by atoms with van der Waals surface area (Å²) < 4.78 is 0. The minimum absolute atomic E-state index is 0.340. The lowest BCUT2D eigenvalue weighted by molar-refractivity contribution is -0.152. The summed E-state index contributed by atoms with van der Waals surface area (Å²) in [5, 5.41) is 10.1. The van der Waals surface area contributed by atoms with E-state index in [4.69, 9.17) is 11.6 Å². The van der Waals surface area contributed by atoms with Crippen LogP contribution in [-0.2, 0) is 11.2 Å². The van der Waals surface area contributed by atoms with Crippen LogP contribution in [0.25, 0.3) is 0 Å². The highest BCUT2D eigenvalue weighted by molar-refractivity contribution is 6.29. The van der Waals surface area contributed by atoms with Gasteiger partial charge in [0.05, 0.1) is 5.41 Å². The number of rotatable bonds is 3. The zero-order valence-electron chi connectivity index (χ0n) is 10.1. The molecule has 0 spiro atoms. The molecular weight excluding hydrogens is 250 g/mol. The molecule has 3 atom stereocenters. The SMILES string of the molecule is O=C(O)C1(Cc2ccnc(Cl)c2)CC2CCC1C2. The van der Waals surface area contributed by atoms with Gasteiger partial charge < -0.3 is 5.11 Å². The average Bonchev–Trinajstić information content (AvgIpc) is 2.89. The van der Waals surface area contributed by atoms with Gasteiger partial charge in [-0.2, -0.15) is 0 Å². The quantitative estimate of drug-likeness (QED) is 0.854. The third-order valence-electron chi connectivity index (χ3n) is 4.71. The van der Waals surface area contributed by atoms with E-state index in [0.29, 0.717) is 23.4 Å². The first-order valence-corrected chi connectivity index (χ1v) is 6.82. The van der Waals surface area contributed by atoms with Crippen LogP contribution in [0.2, 0.25) is 5.15 Å². The van der Waals surface area contributed by atoms with Crippen molar-refractivity contribution in [2.75, 3.05) is 0 Å². The second kappa shape index (κ2) is 4.23. The number of carbonyl (C=O) groups is 1. The number of aromatic nitrogens is 1. The Morgan fingerprint density at radius 1 is 1.56 bits per heavy atom. The Hall–Kier alpha value is -1.09. The molecule has 4 heteroatoms. The van der Waals surface area contributed by atoms with Gasteiger partial charge in [0.1, 0.15) is 5.15 Å². The number of aliphatic carboxylic acids is 1. The average molecular weight is 266 g/mol. The van der Waals surface area contributed by atoms with Crippen LogP contribution in [0.3, 0.4) is 0 Å². The Bertz CT molecular complexity index is 490. The minimum Gasteiger partial charge on any atom is -0.481 e. The topological polar surface area (TPSA) is 50.2 Å². The van der Waals surface area contributed by atoms with Crippen molar-refractivity contribution in [3.63, 3.8) is 0 Å². The standard InChI is InChI=1S/C14H16ClNO2/c15-12-6-10(3-4-16-12)8-14(13(17)18)7-9-1-2-11(14)5-9/h3-4,6,9,11H,1-2,5,7-8H2,(H,17,18). The molecule has 3 rings (SSSR count). The molecule has 2 aliphatic carbocycles. The first-order chi connectivity index (χ1) is 8.60. The van der Waals surface area contributed by atoms with Gasteiger partial charge >= 0.3 is 5.97 Å². The fourth-order valence-electron chi connectivity index (χ4n) is 3.91. The monoisotopic (exact) mass is 265 g/mol. The molecule has 0 radical (unpaired) electrons. The van der Waals surface area contributed by atoms with Crippen molar-refractivity contribution >= 4 is 17.6 Å². The van der Waals surface area contributed by atoms with E-state index in [1.165, 1.54) is 6.42 Å². The van der Waals surface area contributed by atoms with Crippen molar-refractivity contribution in [3.05, 3.63) is 29.0 Å². The molecule has 0 amide bonds. The zero-order valence-corrected chi connectivity index (χ0v) is 10.9. The summed E-state index contributed by atoms with van der Waals surface area (Å²) >= 11 is 5.88. The van der Waals surface area contributed by atoms with Crippen LogP contribution in [0.1, 0.15) is 31.2 Å². The summed E-state index contributed by atoms with van der Waals surface area (Å²) in [4.78, 5) is 15.7. The Labute approximate surface area is 111 Å². The second-order valence-corrected chi connectivity index (χ2v) is 6.09. The van der Waals surface area contributed by atoms with Crippen LogP contribution in [0.4, 0.5) is 0 Å². The number of nitrogens with zero attached hydrogens (tertiary/aromatic N) is 1. The molecule has 96 valence electrons. The number of fused-ring (bicyclic) bond motifs is 2. The molecule has 3 unspecified atom stereocenters. The highest BCUT2D eigenvalue weighted by Crippen LogP contribution is 2.57. The molecule has 3 nitrogen and oxygen atoms in total. The number of hydrogen-bond acceptors (Lipinski definition) is 2. The molecule has 2 bridgehead atoms. The third kappa shape index (κ3) is 1.81. The van der Waals surface area contributed by atoms with Crippen LogP contribution in [0, 0.1) is 17.3 Å². The third-order valence-corrected chi connectivity index (χ3v) is 4.92. The first-order valence-electron chi connectivity index (χ1n) is 6.44. The molecule has 1 aromatic rings. The van der Waals surface area contributed by atoms with Crippen LogP contribution < -0.4 is 0 Å². The summed E-state index contributed by atoms with van der Waals surface area (Å²) in [6.45, 7) is 0. The molecule has 0 aromatic carbocycles. The summed E-state index contributed by atoms with van der Waals surface area (Å²) in [5.41, 5.74) is 0.429. The van der Waals surface area contributed by atoms with Crippen molar-refractivity contribution in [3.8, 4) is 0 Å². The van der Waals surface area contributed by atoms with Crippen molar-refractivity contribution in [1.29, 1.82) is 0 Å². The smallest absolute Gasteiger partial charge is 0.310 e. The predicted octanol–water partition coefficient (Wildman–Crippen LogP) is 3.17. The van der Waals surface area contributed by atoms with Crippen molar-refractivity contribution in [1.82, 2.24) is 4.98 Å². The van der Waals surface area contributed by atoms with Crippen LogP contribution in [0.15, 0.2) is 18.3 Å². The van der Waals surface area contributed by atoms with E-state index in [0.717, 1.165) is 24.8 Å². The van der Waals surface area contributed by atoms with Crippen molar-refractivity contribution in [2.45, 2.75) is 32.1 Å². The highest BCUT2D eigenvalue weighted by atomic mass is 35.5. The van der Waals surface area contributed by atoms with E-state index >= 15 is 0 Å². The Kier molecular flexibility index (Phi) is 2.81. The van der Waals surface area contributed by atoms with Gasteiger partial charge in [0.15, 0.2) is 0 Å². The maximum absolute atomic E-state index is 11.8. The first kappa shape index (κ1) is 12.0. The van der Waals surface area contributed by atoms with Crippen LogP contribution in [-0.4, -0.2) is 16.1 Å². The molecule has 18 heavy (non-hydrogen) atoms. The van der Waals surface area contributed by atoms with Gasteiger partial charge in [-0.1, -0.05) is 18.0 Å². The van der Waals surface area contributed by atoms with Gasteiger partial charge in [0, 0.05) is 6.20 Å². The molecular formula is C14H16ClNO2. The van der Waals surface area contributed by atoms with E-state index in [9.17, 15) is 9.90 Å². The van der Waals surface area contributed by atoms with Crippen molar-refractivity contribution in [2.24, 2.45) is 17.3 Å². The van der Waals surface area contributed by atoms with Gasteiger partial charge in [-0.05, 0) is 55.2 Å². The molecule has 0 saturated heterocycles. The molecule has 1 aromatic heterocycles. The molecule has 2 aliphatic rings. The zero-order chi connectivity index (χ0) is 12.8. The number of halogens is 1. The number of carboxylic acids is 1. The fourth-order valence-corrected chi connectivity index (χ4v) is 4.11. The number of hydrogen-bond donors (Lipinski definition) is 1. The Morgan fingerprint density at radius 3 is 2.94 bits per heavy atom. The number of carboxylic acid groups (broad SMARTS) is 1. The largest absolute Gasteiger partial charge is 0.481 e.